The molecule has 0 saturated heterocycles. The molecule has 0 aromatic carbocycles. The normalized spacial score (nSPS) is 17.1. The highest BCUT2D eigenvalue weighted by Crippen LogP contribution is 2.17. The van der Waals surface area contributed by atoms with Gasteiger partial charge in [-0.2, -0.15) is 0 Å². The first-order valence-corrected chi connectivity index (χ1v) is 5.06. The first kappa shape index (κ1) is 11.7. The lowest BCUT2D eigenvalue weighted by Crippen LogP contribution is -2.31. The predicted molar refractivity (Wildman–Crippen MR) is 55.1 cm³/mol. The predicted octanol–water partition coefficient (Wildman–Crippen LogP) is 0.264. The standard InChI is InChI=1S/C11H15NO3/c1-2-7-12-11(14)8-15-10-5-3-9(13)4-6-10/h1,10H,3-8H2,(H,12,14). The van der Waals surface area contributed by atoms with Gasteiger partial charge in [0, 0.05) is 12.8 Å². The van der Waals surface area contributed by atoms with Gasteiger partial charge in [-0.1, -0.05) is 5.92 Å². The highest BCUT2D eigenvalue weighted by atomic mass is 16.5. The molecule has 0 aromatic heterocycles. The largest absolute Gasteiger partial charge is 0.368 e. The van der Waals surface area contributed by atoms with E-state index in [1.54, 1.807) is 0 Å². The van der Waals surface area contributed by atoms with Gasteiger partial charge < -0.3 is 10.1 Å². The van der Waals surface area contributed by atoms with Crippen molar-refractivity contribution in [3.05, 3.63) is 0 Å². The molecule has 15 heavy (non-hydrogen) atoms. The zero-order valence-electron chi connectivity index (χ0n) is 8.62. The third-order valence-corrected chi connectivity index (χ3v) is 2.33. The van der Waals surface area contributed by atoms with Crippen LogP contribution in [0.1, 0.15) is 25.7 Å². The van der Waals surface area contributed by atoms with Crippen molar-refractivity contribution in [2.45, 2.75) is 31.8 Å². The van der Waals surface area contributed by atoms with Gasteiger partial charge in [0.25, 0.3) is 0 Å². The number of ether oxygens (including phenoxy) is 1. The lowest BCUT2D eigenvalue weighted by molar-refractivity contribution is -0.129. The summed E-state index contributed by atoms with van der Waals surface area (Å²) in [4.78, 5) is 22.0. The molecular formula is C11H15NO3. The molecule has 0 spiro atoms. The summed E-state index contributed by atoms with van der Waals surface area (Å²) in [5.41, 5.74) is 0. The topological polar surface area (TPSA) is 55.4 Å². The van der Waals surface area contributed by atoms with Crippen LogP contribution < -0.4 is 5.32 Å². The van der Waals surface area contributed by atoms with Gasteiger partial charge >= 0.3 is 0 Å². The maximum absolute atomic E-state index is 11.1. The summed E-state index contributed by atoms with van der Waals surface area (Å²) in [5, 5.41) is 2.51. The summed E-state index contributed by atoms with van der Waals surface area (Å²) in [6.07, 6.45) is 7.61. The van der Waals surface area contributed by atoms with Crippen LogP contribution in [-0.2, 0) is 14.3 Å². The molecule has 1 aliphatic carbocycles. The first-order chi connectivity index (χ1) is 7.22. The molecule has 4 nitrogen and oxygen atoms in total. The van der Waals surface area contributed by atoms with Crippen LogP contribution in [0.3, 0.4) is 0 Å². The lowest BCUT2D eigenvalue weighted by atomic mass is 9.96. The zero-order chi connectivity index (χ0) is 11.1. The molecule has 1 fully saturated rings. The van der Waals surface area contributed by atoms with Crippen LogP contribution in [0.4, 0.5) is 0 Å². The summed E-state index contributed by atoms with van der Waals surface area (Å²) >= 11 is 0. The highest BCUT2D eigenvalue weighted by Gasteiger charge is 2.19. The maximum Gasteiger partial charge on any atom is 0.246 e. The number of carbonyl (C=O) groups is 2. The Bertz CT molecular complexity index is 270. The molecule has 1 aliphatic rings. The van der Waals surface area contributed by atoms with E-state index in [0.29, 0.717) is 12.8 Å². The molecule has 0 bridgehead atoms. The van der Waals surface area contributed by atoms with E-state index in [9.17, 15) is 9.59 Å². The second-order valence-corrected chi connectivity index (χ2v) is 3.53. The molecule has 0 aromatic rings. The SMILES string of the molecule is C#CCNC(=O)COC1CCC(=O)CC1. The van der Waals surface area contributed by atoms with Gasteiger partial charge in [0.15, 0.2) is 0 Å². The maximum atomic E-state index is 11.1. The fraction of sp³-hybridized carbons (Fsp3) is 0.636. The van der Waals surface area contributed by atoms with Crippen LogP contribution in [0.2, 0.25) is 0 Å². The van der Waals surface area contributed by atoms with Crippen molar-refractivity contribution in [3.8, 4) is 12.3 Å². The van der Waals surface area contributed by atoms with Gasteiger partial charge in [-0.15, -0.1) is 6.42 Å². The quantitative estimate of drug-likeness (QED) is 0.676. The number of Topliss-reactive ketones (excluding diaryl/α,β-unsaturated/α-hetero) is 1. The zero-order valence-corrected chi connectivity index (χ0v) is 8.62. The number of amides is 1. The fourth-order valence-corrected chi connectivity index (χ4v) is 1.47. The Morgan fingerprint density at radius 2 is 2.20 bits per heavy atom. The number of terminal acetylenes is 1. The first-order valence-electron chi connectivity index (χ1n) is 5.06. The average molecular weight is 209 g/mol. The Morgan fingerprint density at radius 3 is 2.80 bits per heavy atom. The minimum atomic E-state index is -0.204. The Labute approximate surface area is 89.4 Å². The monoisotopic (exact) mass is 209 g/mol. The molecular weight excluding hydrogens is 194 g/mol. The summed E-state index contributed by atoms with van der Waals surface area (Å²) in [5.74, 6) is 2.39. The van der Waals surface area contributed by atoms with E-state index in [1.807, 2.05) is 0 Å². The average Bonchev–Trinajstić information content (AvgIpc) is 2.25. The van der Waals surface area contributed by atoms with Gasteiger partial charge in [-0.05, 0) is 12.8 Å². The van der Waals surface area contributed by atoms with Gasteiger partial charge in [0.2, 0.25) is 5.91 Å². The van der Waals surface area contributed by atoms with E-state index >= 15 is 0 Å². The van der Waals surface area contributed by atoms with E-state index in [1.165, 1.54) is 0 Å². The number of carbonyl (C=O) groups excluding carboxylic acids is 2. The molecule has 0 atom stereocenters. The molecule has 1 saturated carbocycles. The van der Waals surface area contributed by atoms with Crippen LogP contribution in [0.5, 0.6) is 0 Å². The van der Waals surface area contributed by atoms with Gasteiger partial charge in [-0.25, -0.2) is 0 Å². The smallest absolute Gasteiger partial charge is 0.246 e. The minimum absolute atomic E-state index is 0.0283. The third kappa shape index (κ3) is 4.61. The van der Waals surface area contributed by atoms with Crippen molar-refractivity contribution in [2.24, 2.45) is 0 Å². The number of hydrogen-bond donors (Lipinski definition) is 1. The number of nitrogens with one attached hydrogen (secondary N) is 1. The van der Waals surface area contributed by atoms with E-state index in [0.717, 1.165) is 12.8 Å². The van der Waals surface area contributed by atoms with Gasteiger partial charge in [0.05, 0.1) is 12.6 Å². The number of hydrogen-bond acceptors (Lipinski definition) is 3. The summed E-state index contributed by atoms with van der Waals surface area (Å²) in [6, 6.07) is 0. The van der Waals surface area contributed by atoms with Crippen molar-refractivity contribution in [3.63, 3.8) is 0 Å². The molecule has 0 heterocycles. The fourth-order valence-electron chi connectivity index (χ4n) is 1.47. The van der Waals surface area contributed by atoms with Crippen molar-refractivity contribution in [1.29, 1.82) is 0 Å². The Hall–Kier alpha value is -1.34. The Kier molecular flexibility index (Phi) is 4.85. The van der Waals surface area contributed by atoms with Crippen LogP contribution >= 0.6 is 0 Å². The lowest BCUT2D eigenvalue weighted by Gasteiger charge is -2.20. The molecule has 1 N–H and O–H groups in total. The highest BCUT2D eigenvalue weighted by molar-refractivity contribution is 5.79. The van der Waals surface area contributed by atoms with E-state index in [2.05, 4.69) is 11.2 Å². The molecule has 1 amide bonds. The summed E-state index contributed by atoms with van der Waals surface area (Å²) in [6.45, 7) is 0.256. The third-order valence-electron chi connectivity index (χ3n) is 2.33. The van der Waals surface area contributed by atoms with Crippen molar-refractivity contribution in [1.82, 2.24) is 5.32 Å². The molecule has 1 rings (SSSR count). The second kappa shape index (κ2) is 6.20. The molecule has 82 valence electrons. The van der Waals surface area contributed by atoms with Crippen molar-refractivity contribution < 1.29 is 14.3 Å². The second-order valence-electron chi connectivity index (χ2n) is 3.53. The Balaban J connectivity index is 2.12. The Morgan fingerprint density at radius 1 is 1.53 bits per heavy atom. The molecule has 0 aliphatic heterocycles. The van der Waals surface area contributed by atoms with Crippen molar-refractivity contribution in [2.75, 3.05) is 13.2 Å². The van der Waals surface area contributed by atoms with Crippen LogP contribution in [0.25, 0.3) is 0 Å². The van der Waals surface area contributed by atoms with E-state index < -0.39 is 0 Å². The molecule has 0 unspecified atom stereocenters. The van der Waals surface area contributed by atoms with Crippen LogP contribution in [-0.4, -0.2) is 30.9 Å². The number of ketones is 1. The van der Waals surface area contributed by atoms with Gasteiger partial charge in [0.1, 0.15) is 12.4 Å². The van der Waals surface area contributed by atoms with Gasteiger partial charge in [-0.3, -0.25) is 9.59 Å². The van der Waals surface area contributed by atoms with Crippen LogP contribution in [0, 0.1) is 12.3 Å². The summed E-state index contributed by atoms with van der Waals surface area (Å²) in [7, 11) is 0. The van der Waals surface area contributed by atoms with E-state index in [4.69, 9.17) is 11.2 Å². The number of rotatable bonds is 4. The van der Waals surface area contributed by atoms with E-state index in [-0.39, 0.29) is 30.9 Å². The summed E-state index contributed by atoms with van der Waals surface area (Å²) < 4.78 is 5.36. The van der Waals surface area contributed by atoms with Crippen LogP contribution in [0.15, 0.2) is 0 Å². The minimum Gasteiger partial charge on any atom is -0.368 e. The molecule has 0 radical (unpaired) electrons. The molecule has 4 heteroatoms. The van der Waals surface area contributed by atoms with Crippen molar-refractivity contribution >= 4 is 11.7 Å².